The zero-order chi connectivity index (χ0) is 11.1. The molecule has 78 valence electrons. The van der Waals surface area contributed by atoms with E-state index < -0.39 is 0 Å². The van der Waals surface area contributed by atoms with Crippen LogP contribution in [-0.4, -0.2) is 11.6 Å². The van der Waals surface area contributed by atoms with E-state index in [1.165, 1.54) is 0 Å². The van der Waals surface area contributed by atoms with Crippen LogP contribution in [0, 0.1) is 0 Å². The minimum Gasteiger partial charge on any atom is -0.294 e. The van der Waals surface area contributed by atoms with Gasteiger partial charge in [0.1, 0.15) is 0 Å². The second-order valence-electron chi connectivity index (χ2n) is 4.06. The first-order valence-corrected chi connectivity index (χ1v) is 5.35. The van der Waals surface area contributed by atoms with Crippen LogP contribution in [0.15, 0.2) is 36.4 Å². The fourth-order valence-electron chi connectivity index (χ4n) is 2.30. The predicted octanol–water partition coefficient (Wildman–Crippen LogP) is 3.00. The Kier molecular flexibility index (Phi) is 1.90. The van der Waals surface area contributed by atoms with Crippen LogP contribution in [0.5, 0.6) is 0 Å². The van der Waals surface area contributed by atoms with Crippen molar-refractivity contribution >= 4 is 22.3 Å². The quantitative estimate of drug-likeness (QED) is 0.669. The Morgan fingerprint density at radius 2 is 1.25 bits per heavy atom. The van der Waals surface area contributed by atoms with Gasteiger partial charge < -0.3 is 0 Å². The minimum atomic E-state index is 0.0731. The summed E-state index contributed by atoms with van der Waals surface area (Å²) in [7, 11) is 0. The highest BCUT2D eigenvalue weighted by molar-refractivity contribution is 6.19. The highest BCUT2D eigenvalue weighted by Crippen LogP contribution is 2.28. The fourth-order valence-corrected chi connectivity index (χ4v) is 2.30. The Morgan fingerprint density at radius 1 is 0.750 bits per heavy atom. The summed E-state index contributed by atoms with van der Waals surface area (Å²) in [5.41, 5.74) is 1.39. The van der Waals surface area contributed by atoms with Gasteiger partial charge in [0.05, 0.1) is 0 Å². The van der Waals surface area contributed by atoms with E-state index in [1.807, 2.05) is 36.4 Å². The van der Waals surface area contributed by atoms with E-state index in [0.717, 1.165) is 10.8 Å². The zero-order valence-electron chi connectivity index (χ0n) is 8.69. The van der Waals surface area contributed by atoms with Crippen LogP contribution in [-0.2, 0) is 0 Å². The largest absolute Gasteiger partial charge is 0.294 e. The zero-order valence-corrected chi connectivity index (χ0v) is 8.69. The highest BCUT2D eigenvalue weighted by Gasteiger charge is 2.21. The summed E-state index contributed by atoms with van der Waals surface area (Å²) in [5.74, 6) is 0.146. The number of hydrogen-bond acceptors (Lipinski definition) is 2. The first-order valence-electron chi connectivity index (χ1n) is 5.35. The van der Waals surface area contributed by atoms with Crippen LogP contribution in [0.4, 0.5) is 0 Å². The Labute approximate surface area is 92.9 Å². The summed E-state index contributed by atoms with van der Waals surface area (Å²) in [6.45, 7) is 0. The Morgan fingerprint density at radius 3 is 1.75 bits per heavy atom. The van der Waals surface area contributed by atoms with Gasteiger partial charge in [0.15, 0.2) is 11.6 Å². The molecule has 0 heterocycles. The third kappa shape index (κ3) is 1.20. The molecule has 0 saturated carbocycles. The van der Waals surface area contributed by atoms with E-state index in [-0.39, 0.29) is 11.6 Å². The van der Waals surface area contributed by atoms with Gasteiger partial charge in [-0.05, 0) is 5.39 Å². The van der Waals surface area contributed by atoms with Gasteiger partial charge in [-0.3, -0.25) is 9.59 Å². The molecule has 2 heteroatoms. The lowest BCUT2D eigenvalue weighted by molar-refractivity contribution is 0.0925. The molecular formula is C14H10O2. The average molecular weight is 210 g/mol. The molecule has 2 aromatic carbocycles. The summed E-state index contributed by atoms with van der Waals surface area (Å²) >= 11 is 0. The van der Waals surface area contributed by atoms with Crippen molar-refractivity contribution < 1.29 is 9.59 Å². The summed E-state index contributed by atoms with van der Waals surface area (Å²) in [6.07, 6.45) is 0.652. The molecule has 0 aromatic heterocycles. The van der Waals surface area contributed by atoms with Crippen LogP contribution in [0.1, 0.15) is 33.6 Å². The van der Waals surface area contributed by atoms with E-state index in [0.29, 0.717) is 24.0 Å². The van der Waals surface area contributed by atoms with Crippen molar-refractivity contribution in [1.29, 1.82) is 0 Å². The van der Waals surface area contributed by atoms with Crippen LogP contribution in [0.25, 0.3) is 10.8 Å². The fraction of sp³-hybridized carbons (Fsp3) is 0.143. The van der Waals surface area contributed by atoms with Crippen molar-refractivity contribution in [3.63, 3.8) is 0 Å². The molecule has 1 aliphatic carbocycles. The van der Waals surface area contributed by atoms with Gasteiger partial charge in [-0.1, -0.05) is 36.4 Å². The van der Waals surface area contributed by atoms with Crippen molar-refractivity contribution in [3.8, 4) is 0 Å². The average Bonchev–Trinajstić information content (AvgIpc) is 2.44. The SMILES string of the molecule is O=C1CCC(=O)c2cccc3cccc1c23. The van der Waals surface area contributed by atoms with Crippen LogP contribution in [0.2, 0.25) is 0 Å². The van der Waals surface area contributed by atoms with Gasteiger partial charge in [0.2, 0.25) is 0 Å². The molecule has 0 saturated heterocycles. The van der Waals surface area contributed by atoms with Crippen molar-refractivity contribution in [2.75, 3.05) is 0 Å². The van der Waals surface area contributed by atoms with Crippen molar-refractivity contribution in [1.82, 2.24) is 0 Å². The third-order valence-corrected chi connectivity index (χ3v) is 3.08. The molecule has 0 amide bonds. The molecule has 1 aliphatic rings. The molecule has 0 unspecified atom stereocenters. The normalized spacial score (nSPS) is 15.2. The second kappa shape index (κ2) is 3.27. The number of rotatable bonds is 0. The molecular weight excluding hydrogens is 200 g/mol. The summed E-state index contributed by atoms with van der Waals surface area (Å²) in [4.78, 5) is 23.8. The first kappa shape index (κ1) is 9.28. The minimum absolute atomic E-state index is 0.0731. The van der Waals surface area contributed by atoms with Crippen molar-refractivity contribution in [2.45, 2.75) is 12.8 Å². The molecule has 0 N–H and O–H groups in total. The number of carbonyl (C=O) groups excluding carboxylic acids is 2. The maximum atomic E-state index is 11.9. The van der Waals surface area contributed by atoms with Crippen LogP contribution in [0.3, 0.4) is 0 Å². The number of ketones is 2. The van der Waals surface area contributed by atoms with E-state index in [4.69, 9.17) is 0 Å². The van der Waals surface area contributed by atoms with Gasteiger partial charge in [0, 0.05) is 29.4 Å². The maximum absolute atomic E-state index is 11.9. The summed E-state index contributed by atoms with van der Waals surface area (Å²) in [5, 5.41) is 1.80. The number of carbonyl (C=O) groups is 2. The standard InChI is InChI=1S/C14H10O2/c15-12-7-8-13(16)11-6-2-4-9-3-1-5-10(12)14(9)11/h1-6H,7-8H2. The Hall–Kier alpha value is -1.96. The van der Waals surface area contributed by atoms with Crippen molar-refractivity contribution in [2.24, 2.45) is 0 Å². The smallest absolute Gasteiger partial charge is 0.163 e. The van der Waals surface area contributed by atoms with Gasteiger partial charge in [0.25, 0.3) is 0 Å². The highest BCUT2D eigenvalue weighted by atomic mass is 16.1. The van der Waals surface area contributed by atoms with Crippen LogP contribution >= 0.6 is 0 Å². The Bertz CT molecular complexity index is 560. The van der Waals surface area contributed by atoms with Gasteiger partial charge >= 0.3 is 0 Å². The lowest BCUT2D eigenvalue weighted by Crippen LogP contribution is -1.98. The topological polar surface area (TPSA) is 34.1 Å². The number of hydrogen-bond donors (Lipinski definition) is 0. The molecule has 2 nitrogen and oxygen atoms in total. The molecule has 16 heavy (non-hydrogen) atoms. The van der Waals surface area contributed by atoms with E-state index in [1.54, 1.807) is 0 Å². The van der Waals surface area contributed by atoms with Gasteiger partial charge in [-0.15, -0.1) is 0 Å². The maximum Gasteiger partial charge on any atom is 0.163 e. The number of benzene rings is 2. The van der Waals surface area contributed by atoms with Crippen molar-refractivity contribution in [3.05, 3.63) is 47.5 Å². The molecule has 3 rings (SSSR count). The number of Topliss-reactive ketones (excluding diaryl/α,β-unsaturated/α-hetero) is 2. The predicted molar refractivity (Wildman–Crippen MR) is 61.8 cm³/mol. The van der Waals surface area contributed by atoms with E-state index >= 15 is 0 Å². The molecule has 0 atom stereocenters. The monoisotopic (exact) mass is 210 g/mol. The Balaban J connectivity index is 2.51. The second-order valence-corrected chi connectivity index (χ2v) is 4.06. The van der Waals surface area contributed by atoms with Gasteiger partial charge in [-0.25, -0.2) is 0 Å². The molecule has 0 radical (unpaired) electrons. The van der Waals surface area contributed by atoms with E-state index in [9.17, 15) is 9.59 Å². The first-order chi connectivity index (χ1) is 7.77. The molecule has 0 bridgehead atoms. The molecule has 0 spiro atoms. The lowest BCUT2D eigenvalue weighted by Gasteiger charge is -2.05. The van der Waals surface area contributed by atoms with E-state index in [2.05, 4.69) is 0 Å². The summed E-state index contributed by atoms with van der Waals surface area (Å²) in [6, 6.07) is 11.2. The van der Waals surface area contributed by atoms with Crippen LogP contribution < -0.4 is 0 Å². The van der Waals surface area contributed by atoms with Gasteiger partial charge in [-0.2, -0.15) is 0 Å². The summed E-state index contributed by atoms with van der Waals surface area (Å²) < 4.78 is 0. The lowest BCUT2D eigenvalue weighted by atomic mass is 9.97. The molecule has 2 aromatic rings. The molecule has 0 fully saturated rings. The third-order valence-electron chi connectivity index (χ3n) is 3.08. The molecule has 0 aliphatic heterocycles.